The number of nitrogens with zero attached hydrogens (tertiary/aromatic N) is 2. The van der Waals surface area contributed by atoms with Gasteiger partial charge >= 0.3 is 0 Å². The molecule has 3 aromatic rings. The highest BCUT2D eigenvalue weighted by atomic mass is 35.5. The molecule has 0 bridgehead atoms. The molecule has 0 unspecified atom stereocenters. The van der Waals surface area contributed by atoms with E-state index >= 15 is 0 Å². The molecule has 1 N–H and O–H groups in total. The summed E-state index contributed by atoms with van der Waals surface area (Å²) in [6.45, 7) is 0.699. The van der Waals surface area contributed by atoms with Crippen molar-refractivity contribution in [2.24, 2.45) is 0 Å². The van der Waals surface area contributed by atoms with Gasteiger partial charge in [-0.1, -0.05) is 60.5 Å². The summed E-state index contributed by atoms with van der Waals surface area (Å²) in [4.78, 5) is 17.1. The second-order valence-corrected chi connectivity index (χ2v) is 8.31. The highest BCUT2D eigenvalue weighted by molar-refractivity contribution is 7.99. The molecule has 1 aromatic heterocycles. The molecule has 27 heavy (non-hydrogen) atoms. The van der Waals surface area contributed by atoms with E-state index in [2.05, 4.69) is 16.0 Å². The van der Waals surface area contributed by atoms with Crippen LogP contribution < -0.4 is 5.32 Å². The smallest absolute Gasteiger partial charge is 0.230 e. The number of benzene rings is 2. The van der Waals surface area contributed by atoms with Crippen LogP contribution in [0.15, 0.2) is 53.7 Å². The van der Waals surface area contributed by atoms with E-state index in [-0.39, 0.29) is 5.91 Å². The molecule has 4 rings (SSSR count). The molecule has 140 valence electrons. The van der Waals surface area contributed by atoms with Gasteiger partial charge in [-0.2, -0.15) is 0 Å². The van der Waals surface area contributed by atoms with Gasteiger partial charge in [0, 0.05) is 11.1 Å². The summed E-state index contributed by atoms with van der Waals surface area (Å²) in [5.41, 5.74) is 3.18. The Labute approximate surface area is 168 Å². The predicted octanol–water partition coefficient (Wildman–Crippen LogP) is 4.89. The second-order valence-electron chi connectivity index (χ2n) is 6.93. The molecular weight excluding hydrogens is 378 g/mol. The minimum absolute atomic E-state index is 0.0944. The van der Waals surface area contributed by atoms with Crippen LogP contribution in [0.1, 0.15) is 31.2 Å². The number of hydrogen-bond acceptors (Lipinski definition) is 3. The van der Waals surface area contributed by atoms with E-state index in [1.807, 2.05) is 42.5 Å². The number of carbonyl (C=O) groups excluding carboxylic acids is 1. The summed E-state index contributed by atoms with van der Waals surface area (Å²) >= 11 is 7.51. The first-order valence-corrected chi connectivity index (χ1v) is 10.7. The van der Waals surface area contributed by atoms with Gasteiger partial charge in [0.25, 0.3) is 0 Å². The fraction of sp³-hybridized carbons (Fsp3) is 0.333. The minimum atomic E-state index is 0.0944. The fourth-order valence-electron chi connectivity index (χ4n) is 3.56. The van der Waals surface area contributed by atoms with Gasteiger partial charge in [-0.25, -0.2) is 4.98 Å². The highest BCUT2D eigenvalue weighted by Crippen LogP contribution is 2.26. The fourth-order valence-corrected chi connectivity index (χ4v) is 4.51. The molecule has 0 spiro atoms. The number of para-hydroxylation sites is 2. The van der Waals surface area contributed by atoms with E-state index < -0.39 is 0 Å². The summed E-state index contributed by atoms with van der Waals surface area (Å²) in [6, 6.07) is 16.3. The molecular formula is C21H22ClN3OS. The van der Waals surface area contributed by atoms with Crippen LogP contribution in [0.3, 0.4) is 0 Å². The topological polar surface area (TPSA) is 46.9 Å². The molecule has 4 nitrogen and oxygen atoms in total. The first-order chi connectivity index (χ1) is 13.2. The second kappa shape index (κ2) is 8.36. The zero-order chi connectivity index (χ0) is 18.6. The van der Waals surface area contributed by atoms with Crippen molar-refractivity contribution in [2.45, 2.75) is 43.4 Å². The molecule has 6 heteroatoms. The average Bonchev–Trinajstić information content (AvgIpc) is 3.30. The third-order valence-electron chi connectivity index (χ3n) is 4.93. The van der Waals surface area contributed by atoms with E-state index in [0.29, 0.717) is 18.3 Å². The maximum absolute atomic E-state index is 12.3. The van der Waals surface area contributed by atoms with Crippen molar-refractivity contribution in [1.82, 2.24) is 14.9 Å². The average molecular weight is 400 g/mol. The molecule has 1 fully saturated rings. The normalized spacial score (nSPS) is 14.7. The molecule has 1 aliphatic rings. The number of imidazole rings is 1. The number of halogens is 1. The molecule has 1 aliphatic carbocycles. The molecule has 0 radical (unpaired) electrons. The number of carbonyl (C=O) groups is 1. The lowest BCUT2D eigenvalue weighted by Crippen LogP contribution is -2.33. The SMILES string of the molecule is O=C(CSc1nc2ccccc2n1Cc1ccc(Cl)cc1)NC1CCCC1. The van der Waals surface area contributed by atoms with E-state index in [9.17, 15) is 4.79 Å². The van der Waals surface area contributed by atoms with Crippen LogP contribution in [0.2, 0.25) is 5.02 Å². The first kappa shape index (κ1) is 18.4. The quantitative estimate of drug-likeness (QED) is 0.600. The van der Waals surface area contributed by atoms with Gasteiger partial charge in [-0.05, 0) is 42.7 Å². The number of nitrogens with one attached hydrogen (secondary N) is 1. The van der Waals surface area contributed by atoms with Crippen LogP contribution >= 0.6 is 23.4 Å². The van der Waals surface area contributed by atoms with Gasteiger partial charge in [-0.15, -0.1) is 0 Å². The molecule has 0 aliphatic heterocycles. The summed E-state index contributed by atoms with van der Waals surface area (Å²) in [5, 5.41) is 4.74. The zero-order valence-corrected chi connectivity index (χ0v) is 16.6. The summed E-state index contributed by atoms with van der Waals surface area (Å²) in [6.07, 6.45) is 4.64. The molecule has 0 saturated heterocycles. The number of hydrogen-bond donors (Lipinski definition) is 1. The van der Waals surface area contributed by atoms with Crippen LogP contribution in [0.4, 0.5) is 0 Å². The molecule has 1 amide bonds. The maximum Gasteiger partial charge on any atom is 0.230 e. The number of aromatic nitrogens is 2. The van der Waals surface area contributed by atoms with Crippen LogP contribution in [0, 0.1) is 0 Å². The van der Waals surface area contributed by atoms with Crippen molar-refractivity contribution in [1.29, 1.82) is 0 Å². The van der Waals surface area contributed by atoms with Gasteiger partial charge in [0.15, 0.2) is 5.16 Å². The number of thioether (sulfide) groups is 1. The van der Waals surface area contributed by atoms with Crippen LogP contribution in [0.5, 0.6) is 0 Å². The predicted molar refractivity (Wildman–Crippen MR) is 111 cm³/mol. The van der Waals surface area contributed by atoms with E-state index in [0.717, 1.165) is 39.6 Å². The largest absolute Gasteiger partial charge is 0.353 e. The number of rotatable bonds is 6. The Morgan fingerprint density at radius 2 is 1.89 bits per heavy atom. The minimum Gasteiger partial charge on any atom is -0.353 e. The third kappa shape index (κ3) is 4.47. The Morgan fingerprint density at radius 3 is 2.67 bits per heavy atom. The standard InChI is InChI=1S/C21H22ClN3OS/c22-16-11-9-15(10-12-16)13-25-19-8-4-3-7-18(19)24-21(25)27-14-20(26)23-17-5-1-2-6-17/h3-4,7-12,17H,1-2,5-6,13-14H2,(H,23,26). The molecule has 2 aromatic carbocycles. The summed E-state index contributed by atoms with van der Waals surface area (Å²) < 4.78 is 2.17. The van der Waals surface area contributed by atoms with E-state index in [4.69, 9.17) is 16.6 Å². The van der Waals surface area contributed by atoms with Gasteiger partial charge in [0.1, 0.15) is 0 Å². The monoisotopic (exact) mass is 399 g/mol. The van der Waals surface area contributed by atoms with Crippen molar-refractivity contribution < 1.29 is 4.79 Å². The first-order valence-electron chi connectivity index (χ1n) is 9.31. The Bertz CT molecular complexity index is 932. The van der Waals surface area contributed by atoms with Crippen LogP contribution in [-0.2, 0) is 11.3 Å². The van der Waals surface area contributed by atoms with E-state index in [1.165, 1.54) is 24.6 Å². The molecule has 0 atom stereocenters. The summed E-state index contributed by atoms with van der Waals surface area (Å²) in [5.74, 6) is 0.484. The zero-order valence-electron chi connectivity index (χ0n) is 15.0. The Morgan fingerprint density at radius 1 is 1.15 bits per heavy atom. The van der Waals surface area contributed by atoms with Gasteiger partial charge in [0.2, 0.25) is 5.91 Å². The molecule has 1 heterocycles. The van der Waals surface area contributed by atoms with Crippen molar-refractivity contribution in [3.63, 3.8) is 0 Å². The molecule has 1 saturated carbocycles. The van der Waals surface area contributed by atoms with Gasteiger partial charge in [0.05, 0.1) is 23.3 Å². The van der Waals surface area contributed by atoms with Crippen molar-refractivity contribution in [3.8, 4) is 0 Å². The van der Waals surface area contributed by atoms with Crippen LogP contribution in [-0.4, -0.2) is 27.3 Å². The Hall–Kier alpha value is -1.98. The lowest BCUT2D eigenvalue weighted by Gasteiger charge is -2.12. The van der Waals surface area contributed by atoms with Gasteiger partial charge in [-0.3, -0.25) is 4.79 Å². The van der Waals surface area contributed by atoms with Gasteiger partial charge < -0.3 is 9.88 Å². The highest BCUT2D eigenvalue weighted by Gasteiger charge is 2.18. The lowest BCUT2D eigenvalue weighted by molar-refractivity contribution is -0.119. The maximum atomic E-state index is 12.3. The number of amides is 1. The summed E-state index contributed by atoms with van der Waals surface area (Å²) in [7, 11) is 0. The van der Waals surface area contributed by atoms with Crippen LogP contribution in [0.25, 0.3) is 11.0 Å². The number of fused-ring (bicyclic) bond motifs is 1. The van der Waals surface area contributed by atoms with E-state index in [1.54, 1.807) is 0 Å². The Kier molecular flexibility index (Phi) is 5.69. The third-order valence-corrected chi connectivity index (χ3v) is 6.15. The van der Waals surface area contributed by atoms with Crippen molar-refractivity contribution in [3.05, 3.63) is 59.1 Å². The van der Waals surface area contributed by atoms with Crippen molar-refractivity contribution >= 4 is 40.3 Å². The lowest BCUT2D eigenvalue weighted by atomic mass is 10.2. The van der Waals surface area contributed by atoms with Crippen molar-refractivity contribution in [2.75, 3.05) is 5.75 Å². The Balaban J connectivity index is 1.52.